The van der Waals surface area contributed by atoms with Crippen LogP contribution in [0.1, 0.15) is 12.7 Å². The lowest BCUT2D eigenvalue weighted by molar-refractivity contribution is -0.147. The molecule has 1 amide bonds. The molecule has 130 valence electrons. The van der Waals surface area contributed by atoms with Crippen molar-refractivity contribution in [2.45, 2.75) is 23.5 Å². The zero-order chi connectivity index (χ0) is 18.1. The van der Waals surface area contributed by atoms with Crippen molar-refractivity contribution in [1.29, 1.82) is 0 Å². The minimum atomic E-state index is -4.61. The summed E-state index contributed by atoms with van der Waals surface area (Å²) in [5.74, 6) is -1.59. The quantitative estimate of drug-likeness (QED) is 0.781. The first-order valence-electron chi connectivity index (χ1n) is 6.49. The summed E-state index contributed by atoms with van der Waals surface area (Å²) in [4.78, 5) is 12.2. The number of benzene rings is 1. The van der Waals surface area contributed by atoms with Crippen molar-refractivity contribution in [3.63, 3.8) is 0 Å². The minimum absolute atomic E-state index is 0.0258. The smallest absolute Gasteiger partial charge is 0.324 e. The Morgan fingerprint density at radius 1 is 1.33 bits per heavy atom. The van der Waals surface area contributed by atoms with Crippen LogP contribution in [-0.4, -0.2) is 25.9 Å². The minimum Gasteiger partial charge on any atom is -0.324 e. The molecule has 0 saturated heterocycles. The molecule has 1 atom stereocenters. The fourth-order valence-corrected chi connectivity index (χ4v) is 2.87. The van der Waals surface area contributed by atoms with Crippen LogP contribution >= 0.6 is 35.0 Å². The lowest BCUT2D eigenvalue weighted by atomic mass is 10.3. The molecule has 0 radical (unpaired) electrons. The second-order valence-corrected chi connectivity index (χ2v) is 6.81. The van der Waals surface area contributed by atoms with E-state index in [0.29, 0.717) is 5.69 Å². The van der Waals surface area contributed by atoms with Crippen LogP contribution < -0.4 is 5.32 Å². The van der Waals surface area contributed by atoms with Crippen molar-refractivity contribution in [3.05, 3.63) is 34.1 Å². The van der Waals surface area contributed by atoms with Crippen molar-refractivity contribution in [3.8, 4) is 0 Å². The highest BCUT2D eigenvalue weighted by molar-refractivity contribution is 8.00. The molecule has 0 aliphatic heterocycles. The maximum absolute atomic E-state index is 12.7. The fourth-order valence-electron chi connectivity index (χ4n) is 1.71. The van der Waals surface area contributed by atoms with Gasteiger partial charge >= 0.3 is 6.18 Å². The summed E-state index contributed by atoms with van der Waals surface area (Å²) in [6.45, 7) is 1.53. The van der Waals surface area contributed by atoms with Gasteiger partial charge in [-0.15, -0.1) is 10.2 Å². The third-order valence-electron chi connectivity index (χ3n) is 2.95. The van der Waals surface area contributed by atoms with Gasteiger partial charge in [0.05, 0.1) is 21.0 Å². The largest absolute Gasteiger partial charge is 0.451 e. The number of nitrogens with one attached hydrogen (secondary N) is 1. The fraction of sp³-hybridized carbons (Fsp3) is 0.308. The molecule has 2 rings (SSSR count). The van der Waals surface area contributed by atoms with E-state index in [2.05, 4.69) is 15.5 Å². The van der Waals surface area contributed by atoms with Gasteiger partial charge in [-0.3, -0.25) is 4.79 Å². The third-order valence-corrected chi connectivity index (χ3v) is 4.90. The number of aromatic nitrogens is 3. The van der Waals surface area contributed by atoms with Crippen molar-refractivity contribution < 1.29 is 18.0 Å². The molecule has 0 saturated carbocycles. The molecular weight excluding hydrogens is 388 g/mol. The number of halogens is 5. The highest BCUT2D eigenvalue weighted by Crippen LogP contribution is 2.32. The van der Waals surface area contributed by atoms with E-state index in [9.17, 15) is 18.0 Å². The summed E-state index contributed by atoms with van der Waals surface area (Å²) >= 11 is 12.7. The number of anilines is 1. The van der Waals surface area contributed by atoms with Crippen LogP contribution in [0.3, 0.4) is 0 Å². The van der Waals surface area contributed by atoms with Crippen LogP contribution in [0.25, 0.3) is 0 Å². The number of hydrogen-bond donors (Lipinski definition) is 1. The number of carbonyl (C=O) groups is 1. The van der Waals surface area contributed by atoms with Crippen LogP contribution in [0.5, 0.6) is 0 Å². The number of nitrogens with zero attached hydrogens (tertiary/aromatic N) is 3. The predicted octanol–water partition coefficient (Wildman–Crippen LogP) is 4.26. The first kappa shape index (κ1) is 18.9. The number of carbonyl (C=O) groups excluding carboxylic acids is 1. The Labute approximate surface area is 149 Å². The zero-order valence-electron chi connectivity index (χ0n) is 12.4. The summed E-state index contributed by atoms with van der Waals surface area (Å²) in [7, 11) is 1.18. The summed E-state index contributed by atoms with van der Waals surface area (Å²) in [5, 5.41) is 8.85. The van der Waals surface area contributed by atoms with Gasteiger partial charge in [-0.1, -0.05) is 41.0 Å². The molecule has 2 aromatic rings. The van der Waals surface area contributed by atoms with E-state index in [1.165, 1.54) is 14.0 Å². The summed E-state index contributed by atoms with van der Waals surface area (Å²) in [5.41, 5.74) is 0.315. The first-order valence-corrected chi connectivity index (χ1v) is 8.13. The highest BCUT2D eigenvalue weighted by Gasteiger charge is 2.37. The van der Waals surface area contributed by atoms with Gasteiger partial charge in [-0.05, 0) is 19.1 Å². The molecule has 24 heavy (non-hydrogen) atoms. The van der Waals surface area contributed by atoms with Gasteiger partial charge in [-0.2, -0.15) is 13.2 Å². The van der Waals surface area contributed by atoms with Crippen molar-refractivity contribution in [2.24, 2.45) is 7.05 Å². The lowest BCUT2D eigenvalue weighted by Crippen LogP contribution is -2.23. The van der Waals surface area contributed by atoms with E-state index < -0.39 is 23.2 Å². The zero-order valence-corrected chi connectivity index (χ0v) is 14.7. The number of hydrogen-bond acceptors (Lipinski definition) is 4. The molecule has 0 aliphatic carbocycles. The first-order chi connectivity index (χ1) is 11.1. The second kappa shape index (κ2) is 7.20. The normalized spacial score (nSPS) is 13.0. The van der Waals surface area contributed by atoms with Crippen LogP contribution in [-0.2, 0) is 18.0 Å². The molecule has 5 nitrogen and oxygen atoms in total. The average molecular weight is 399 g/mol. The van der Waals surface area contributed by atoms with E-state index >= 15 is 0 Å². The Kier molecular flexibility index (Phi) is 5.67. The van der Waals surface area contributed by atoms with Crippen LogP contribution in [0, 0.1) is 0 Å². The molecule has 11 heteroatoms. The average Bonchev–Trinajstić information content (AvgIpc) is 2.85. The molecule has 1 aromatic carbocycles. The van der Waals surface area contributed by atoms with E-state index in [1.54, 1.807) is 18.2 Å². The number of alkyl halides is 3. The van der Waals surface area contributed by atoms with Gasteiger partial charge in [0.25, 0.3) is 0 Å². The van der Waals surface area contributed by atoms with Crippen molar-refractivity contribution >= 4 is 46.6 Å². The van der Waals surface area contributed by atoms with Gasteiger partial charge in [0.15, 0.2) is 5.16 Å². The van der Waals surface area contributed by atoms with Crippen LogP contribution in [0.15, 0.2) is 23.4 Å². The number of thioether (sulfide) groups is 1. The van der Waals surface area contributed by atoms with Crippen LogP contribution in [0.2, 0.25) is 10.0 Å². The molecule has 1 unspecified atom stereocenters. The van der Waals surface area contributed by atoms with Gasteiger partial charge in [0.2, 0.25) is 11.7 Å². The molecule has 1 aromatic heterocycles. The monoisotopic (exact) mass is 398 g/mol. The molecular formula is C13H11Cl2F3N4OS. The lowest BCUT2D eigenvalue weighted by Gasteiger charge is -2.13. The maximum Gasteiger partial charge on any atom is 0.451 e. The standard InChI is InChI=1S/C13H11Cl2F3N4OS/c1-6(10(23)19-8-5-3-4-7(14)9(8)15)24-12-21-20-11(22(12)2)13(16,17)18/h3-6H,1-2H3,(H,19,23). The molecule has 0 bridgehead atoms. The molecule has 0 fully saturated rings. The number of amides is 1. The van der Waals surface area contributed by atoms with Gasteiger partial charge in [-0.25, -0.2) is 0 Å². The Morgan fingerprint density at radius 2 is 2.00 bits per heavy atom. The SMILES string of the molecule is CC(Sc1nnc(C(F)(F)F)n1C)C(=O)Nc1cccc(Cl)c1Cl. The molecule has 1 N–H and O–H groups in total. The van der Waals surface area contributed by atoms with E-state index in [0.717, 1.165) is 16.3 Å². The Morgan fingerprint density at radius 3 is 2.58 bits per heavy atom. The van der Waals surface area contributed by atoms with E-state index in [-0.39, 0.29) is 15.2 Å². The van der Waals surface area contributed by atoms with Crippen LogP contribution in [0.4, 0.5) is 18.9 Å². The molecule has 0 spiro atoms. The van der Waals surface area contributed by atoms with Crippen molar-refractivity contribution in [1.82, 2.24) is 14.8 Å². The topological polar surface area (TPSA) is 59.8 Å². The predicted molar refractivity (Wildman–Crippen MR) is 86.4 cm³/mol. The third kappa shape index (κ3) is 4.14. The van der Waals surface area contributed by atoms with Gasteiger partial charge < -0.3 is 9.88 Å². The summed E-state index contributed by atoms with van der Waals surface area (Å²) in [6, 6.07) is 4.74. The Hall–Kier alpha value is -1.45. The molecule has 0 aliphatic rings. The Balaban J connectivity index is 2.10. The summed E-state index contributed by atoms with van der Waals surface area (Å²) < 4.78 is 38.9. The van der Waals surface area contributed by atoms with Gasteiger partial charge in [0.1, 0.15) is 0 Å². The highest BCUT2D eigenvalue weighted by atomic mass is 35.5. The molecule has 1 heterocycles. The van der Waals surface area contributed by atoms with E-state index in [4.69, 9.17) is 23.2 Å². The number of rotatable bonds is 4. The second-order valence-electron chi connectivity index (χ2n) is 4.71. The maximum atomic E-state index is 12.7. The van der Waals surface area contributed by atoms with Gasteiger partial charge in [0, 0.05) is 7.05 Å². The van der Waals surface area contributed by atoms with Crippen molar-refractivity contribution in [2.75, 3.05) is 5.32 Å². The summed E-state index contributed by atoms with van der Waals surface area (Å²) in [6.07, 6.45) is -4.61. The van der Waals surface area contributed by atoms with E-state index in [1.807, 2.05) is 0 Å². The Bertz CT molecular complexity index is 766.